The van der Waals surface area contributed by atoms with Gasteiger partial charge in [0.15, 0.2) is 0 Å². The number of carboxylic acid groups (broad SMARTS) is 1. The van der Waals surface area contributed by atoms with Crippen LogP contribution < -0.4 is 5.32 Å². The van der Waals surface area contributed by atoms with Gasteiger partial charge in [0.1, 0.15) is 5.01 Å². The molecule has 0 bridgehead atoms. The van der Waals surface area contributed by atoms with Crippen LogP contribution in [0, 0.1) is 0 Å². The smallest absolute Gasteiger partial charge is 0.416 e. The van der Waals surface area contributed by atoms with Gasteiger partial charge < -0.3 is 10.4 Å². The fraction of sp³-hybridized carbons (Fsp3) is 0.281. The van der Waals surface area contributed by atoms with Crippen LogP contribution in [0.5, 0.6) is 0 Å². The molecule has 0 fully saturated rings. The average molecular weight is 581 g/mol. The molecule has 3 aromatic carbocycles. The Morgan fingerprint density at radius 1 is 0.902 bits per heavy atom. The third-order valence-corrected chi connectivity index (χ3v) is 7.75. The van der Waals surface area contributed by atoms with E-state index in [9.17, 15) is 22.8 Å². The monoisotopic (exact) mass is 580 g/mol. The molecule has 41 heavy (non-hydrogen) atoms. The van der Waals surface area contributed by atoms with E-state index in [0.717, 1.165) is 28.3 Å². The van der Waals surface area contributed by atoms with Gasteiger partial charge in [0.05, 0.1) is 17.7 Å². The number of hydrogen-bond acceptors (Lipinski definition) is 4. The highest BCUT2D eigenvalue weighted by molar-refractivity contribution is 7.10. The summed E-state index contributed by atoms with van der Waals surface area (Å²) in [5.41, 5.74) is 4.18. The number of halogens is 3. The highest BCUT2D eigenvalue weighted by atomic mass is 32.1. The fourth-order valence-corrected chi connectivity index (χ4v) is 5.34. The van der Waals surface area contributed by atoms with Crippen LogP contribution in [-0.4, -0.2) is 28.5 Å². The van der Waals surface area contributed by atoms with Crippen LogP contribution in [0.3, 0.4) is 0 Å². The van der Waals surface area contributed by atoms with Gasteiger partial charge >= 0.3 is 12.1 Å². The molecular weight excluding hydrogens is 549 g/mol. The second kappa shape index (κ2) is 12.3. The number of benzene rings is 3. The largest absolute Gasteiger partial charge is 0.481 e. The lowest BCUT2D eigenvalue weighted by Crippen LogP contribution is -2.25. The third kappa shape index (κ3) is 7.82. The second-order valence-electron chi connectivity index (χ2n) is 10.9. The molecule has 0 aliphatic heterocycles. The molecule has 1 atom stereocenters. The first kappa shape index (κ1) is 30.0. The minimum atomic E-state index is -4.40. The number of carboxylic acids is 1. The van der Waals surface area contributed by atoms with Gasteiger partial charge in [0, 0.05) is 29.0 Å². The van der Waals surface area contributed by atoms with Crippen LogP contribution in [0.15, 0.2) is 78.2 Å². The molecule has 4 aromatic rings. The summed E-state index contributed by atoms with van der Waals surface area (Å²) >= 11 is 1.46. The van der Waals surface area contributed by atoms with Gasteiger partial charge in [0.25, 0.3) is 5.91 Å². The predicted molar refractivity (Wildman–Crippen MR) is 154 cm³/mol. The molecule has 9 heteroatoms. The quantitative estimate of drug-likeness (QED) is 0.213. The molecule has 0 aliphatic rings. The number of aliphatic carboxylic acids is 1. The highest BCUT2D eigenvalue weighted by Crippen LogP contribution is 2.36. The van der Waals surface area contributed by atoms with E-state index in [4.69, 9.17) is 10.1 Å². The van der Waals surface area contributed by atoms with E-state index in [-0.39, 0.29) is 30.2 Å². The first-order chi connectivity index (χ1) is 19.3. The summed E-state index contributed by atoms with van der Waals surface area (Å²) in [5, 5.41) is 14.1. The van der Waals surface area contributed by atoms with Crippen LogP contribution in [0.1, 0.15) is 70.7 Å². The second-order valence-corrected chi connectivity index (χ2v) is 11.8. The van der Waals surface area contributed by atoms with Crippen molar-refractivity contribution in [2.75, 3.05) is 6.54 Å². The van der Waals surface area contributed by atoms with Crippen molar-refractivity contribution in [3.63, 3.8) is 0 Å². The average Bonchev–Trinajstić information content (AvgIpc) is 3.41. The number of aromatic nitrogens is 1. The van der Waals surface area contributed by atoms with Gasteiger partial charge in [-0.15, -0.1) is 11.3 Å². The molecule has 0 spiro atoms. The number of carbonyl (C=O) groups excluding carboxylic acids is 1. The predicted octanol–water partition coefficient (Wildman–Crippen LogP) is 7.71. The van der Waals surface area contributed by atoms with Crippen molar-refractivity contribution in [3.05, 3.63) is 111 Å². The summed E-state index contributed by atoms with van der Waals surface area (Å²) in [6, 6.07) is 20.6. The number of nitrogens with one attached hydrogen (secondary N) is 1. The van der Waals surface area contributed by atoms with Crippen molar-refractivity contribution < 1.29 is 27.9 Å². The first-order valence-electron chi connectivity index (χ1n) is 13.1. The summed E-state index contributed by atoms with van der Waals surface area (Å²) in [6.45, 7) is 6.50. The van der Waals surface area contributed by atoms with Gasteiger partial charge in [-0.2, -0.15) is 13.2 Å². The standard InChI is InChI=1S/C32H31F3N2O3S/c1-31(2,3)24-12-8-21(9-13-24)26(18-20-4-6-23(7-5-20)29(40)36-17-16-28(38)39)30-37-27(19-41-30)22-10-14-25(15-11-22)32(33,34)35/h4-15,19,26H,16-18H2,1-3H3,(H,36,40)(H,38,39). The molecule has 2 N–H and O–H groups in total. The Kier molecular flexibility index (Phi) is 8.97. The Morgan fingerprint density at radius 2 is 1.51 bits per heavy atom. The number of hydrogen-bond donors (Lipinski definition) is 2. The van der Waals surface area contributed by atoms with Crippen LogP contribution >= 0.6 is 11.3 Å². The lowest BCUT2D eigenvalue weighted by Gasteiger charge is -2.21. The minimum absolute atomic E-state index is 0.00811. The molecule has 0 saturated carbocycles. The topological polar surface area (TPSA) is 79.3 Å². The van der Waals surface area contributed by atoms with E-state index in [1.54, 1.807) is 12.1 Å². The Balaban J connectivity index is 1.60. The zero-order valence-corrected chi connectivity index (χ0v) is 23.8. The van der Waals surface area contributed by atoms with Crippen molar-refractivity contribution in [1.82, 2.24) is 10.3 Å². The molecule has 0 aliphatic carbocycles. The Morgan fingerprint density at radius 3 is 2.07 bits per heavy atom. The van der Waals surface area contributed by atoms with Crippen molar-refractivity contribution in [2.24, 2.45) is 0 Å². The van der Waals surface area contributed by atoms with E-state index < -0.39 is 17.7 Å². The minimum Gasteiger partial charge on any atom is -0.481 e. The van der Waals surface area contributed by atoms with Crippen molar-refractivity contribution in [1.29, 1.82) is 0 Å². The van der Waals surface area contributed by atoms with E-state index in [1.807, 2.05) is 17.5 Å². The number of nitrogens with zero attached hydrogens (tertiary/aromatic N) is 1. The molecule has 1 unspecified atom stereocenters. The van der Waals surface area contributed by atoms with E-state index >= 15 is 0 Å². The third-order valence-electron chi connectivity index (χ3n) is 6.79. The number of carbonyl (C=O) groups is 2. The lowest BCUT2D eigenvalue weighted by molar-refractivity contribution is -0.138. The Bertz CT molecular complexity index is 1490. The maximum absolute atomic E-state index is 13.0. The summed E-state index contributed by atoms with van der Waals surface area (Å²) in [6.07, 6.45) is -3.96. The van der Waals surface area contributed by atoms with Gasteiger partial charge in [-0.05, 0) is 52.8 Å². The van der Waals surface area contributed by atoms with Gasteiger partial charge in [-0.3, -0.25) is 9.59 Å². The van der Waals surface area contributed by atoms with Gasteiger partial charge in [0.2, 0.25) is 0 Å². The van der Waals surface area contributed by atoms with Crippen LogP contribution in [0.2, 0.25) is 0 Å². The number of amides is 1. The maximum Gasteiger partial charge on any atom is 0.416 e. The highest BCUT2D eigenvalue weighted by Gasteiger charge is 2.30. The normalized spacial score (nSPS) is 12.6. The molecule has 0 radical (unpaired) electrons. The number of alkyl halides is 3. The van der Waals surface area contributed by atoms with Crippen LogP contribution in [0.4, 0.5) is 13.2 Å². The van der Waals surface area contributed by atoms with Crippen LogP contribution in [0.25, 0.3) is 11.3 Å². The summed E-state index contributed by atoms with van der Waals surface area (Å²) in [5.74, 6) is -1.44. The van der Waals surface area contributed by atoms with E-state index in [1.165, 1.54) is 29.0 Å². The SMILES string of the molecule is CC(C)(C)c1ccc(C(Cc2ccc(C(=O)NCCC(=O)O)cc2)c2nc(-c3ccc(C(F)(F)F)cc3)cs2)cc1. The molecule has 5 nitrogen and oxygen atoms in total. The zero-order valence-electron chi connectivity index (χ0n) is 23.0. The maximum atomic E-state index is 13.0. The number of rotatable bonds is 9. The van der Waals surface area contributed by atoms with Crippen molar-refractivity contribution in [2.45, 2.75) is 51.1 Å². The Hall–Kier alpha value is -3.98. The van der Waals surface area contributed by atoms with Gasteiger partial charge in [-0.1, -0.05) is 69.3 Å². The molecule has 214 valence electrons. The molecular formula is C32H31F3N2O3S. The lowest BCUT2D eigenvalue weighted by atomic mass is 9.84. The first-order valence-corrected chi connectivity index (χ1v) is 14.0. The van der Waals surface area contributed by atoms with Crippen LogP contribution in [-0.2, 0) is 22.8 Å². The fourth-order valence-electron chi connectivity index (χ4n) is 4.39. The summed E-state index contributed by atoms with van der Waals surface area (Å²) in [7, 11) is 0. The molecule has 4 rings (SSSR count). The molecule has 0 saturated heterocycles. The van der Waals surface area contributed by atoms with E-state index in [2.05, 4.69) is 50.4 Å². The van der Waals surface area contributed by atoms with Gasteiger partial charge in [-0.25, -0.2) is 4.98 Å². The molecule has 1 heterocycles. The van der Waals surface area contributed by atoms with Crippen molar-refractivity contribution in [3.8, 4) is 11.3 Å². The molecule has 1 aromatic heterocycles. The summed E-state index contributed by atoms with van der Waals surface area (Å²) < 4.78 is 39.1. The Labute approximate surface area is 241 Å². The zero-order chi connectivity index (χ0) is 29.8. The van der Waals surface area contributed by atoms with E-state index in [0.29, 0.717) is 23.2 Å². The number of thiazole rings is 1. The summed E-state index contributed by atoms with van der Waals surface area (Å²) in [4.78, 5) is 27.9. The van der Waals surface area contributed by atoms with Crippen molar-refractivity contribution >= 4 is 23.2 Å². The molecule has 1 amide bonds.